The number of fused-ring (bicyclic) bond motifs is 1. The molecule has 0 aliphatic carbocycles. The lowest BCUT2D eigenvalue weighted by Crippen LogP contribution is -2.10. The molecule has 2 aromatic carbocycles. The molecule has 1 aromatic heterocycles. The maximum absolute atomic E-state index is 4.59. The van der Waals surface area contributed by atoms with E-state index in [0.29, 0.717) is 5.92 Å². The van der Waals surface area contributed by atoms with Crippen molar-refractivity contribution in [2.75, 3.05) is 0 Å². The lowest BCUT2D eigenvalue weighted by molar-refractivity contribution is 0.682. The second-order valence-electron chi connectivity index (χ2n) is 6.02. The first-order chi connectivity index (χ1) is 11.1. The van der Waals surface area contributed by atoms with Gasteiger partial charge < -0.3 is 4.57 Å². The van der Waals surface area contributed by atoms with Crippen LogP contribution in [0, 0.1) is 5.92 Å². The summed E-state index contributed by atoms with van der Waals surface area (Å²) in [7, 11) is 2.04. The molecule has 3 rings (SSSR count). The Balaban J connectivity index is 2.06. The van der Waals surface area contributed by atoms with Crippen molar-refractivity contribution in [2.24, 2.45) is 23.2 Å². The molecular weight excluding hydrogens is 302 g/mol. The number of hydrogen-bond acceptors (Lipinski definition) is 3. The smallest absolute Gasteiger partial charge is 0.211 e. The van der Waals surface area contributed by atoms with Crippen LogP contribution in [0.4, 0.5) is 0 Å². The van der Waals surface area contributed by atoms with Gasteiger partial charge in [0.25, 0.3) is 0 Å². The Labute approximate surface area is 140 Å². The van der Waals surface area contributed by atoms with Crippen molar-refractivity contribution in [3.63, 3.8) is 0 Å². The molecular formula is C19H21N3S. The molecule has 0 radical (unpaired) electrons. The minimum atomic E-state index is 0.542. The first-order valence-electron chi connectivity index (χ1n) is 7.85. The molecule has 0 spiro atoms. The summed E-state index contributed by atoms with van der Waals surface area (Å²) >= 11 is 1.67. The van der Waals surface area contributed by atoms with Crippen molar-refractivity contribution in [3.05, 3.63) is 65.0 Å². The van der Waals surface area contributed by atoms with Crippen LogP contribution in [0.5, 0.6) is 0 Å². The molecule has 0 aliphatic rings. The second-order valence-corrected chi connectivity index (χ2v) is 7.03. The zero-order chi connectivity index (χ0) is 16.2. The van der Waals surface area contributed by atoms with Gasteiger partial charge in [-0.1, -0.05) is 67.6 Å². The summed E-state index contributed by atoms with van der Waals surface area (Å²) in [5.41, 5.74) is 3.38. The lowest BCUT2D eigenvalue weighted by Gasteiger charge is -2.07. The number of aromatic nitrogens is 1. The van der Waals surface area contributed by atoms with Crippen LogP contribution < -0.4 is 4.80 Å². The van der Waals surface area contributed by atoms with E-state index < -0.39 is 0 Å². The number of nitrogens with zero attached hydrogens (tertiary/aromatic N) is 3. The van der Waals surface area contributed by atoms with Crippen LogP contribution in [0.2, 0.25) is 0 Å². The number of para-hydroxylation sites is 1. The fraction of sp³-hybridized carbons (Fsp3) is 0.263. The number of hydrogen-bond donors (Lipinski definition) is 0. The Kier molecular flexibility index (Phi) is 4.72. The standard InChI is InChI=1S/C19H21N3S/c1-14(2)13-16(15-9-5-4-6-10-15)20-21-19-22(3)17-11-7-8-12-18(17)23-19/h4-12,14H,13H2,1-3H3/b20-16+,21-19-. The molecule has 0 fully saturated rings. The van der Waals surface area contributed by atoms with Gasteiger partial charge in [-0.25, -0.2) is 0 Å². The molecule has 3 aromatic rings. The summed E-state index contributed by atoms with van der Waals surface area (Å²) in [5.74, 6) is 0.542. The van der Waals surface area contributed by atoms with Crippen LogP contribution in [0.25, 0.3) is 10.2 Å². The predicted octanol–water partition coefficient (Wildman–Crippen LogP) is 4.59. The molecule has 0 N–H and O–H groups in total. The van der Waals surface area contributed by atoms with E-state index >= 15 is 0 Å². The fourth-order valence-electron chi connectivity index (χ4n) is 2.51. The highest BCUT2D eigenvalue weighted by molar-refractivity contribution is 7.16. The minimum absolute atomic E-state index is 0.542. The van der Waals surface area contributed by atoms with E-state index in [2.05, 4.69) is 65.0 Å². The fourth-order valence-corrected chi connectivity index (χ4v) is 3.48. The normalized spacial score (nSPS) is 13.2. The third-order valence-electron chi connectivity index (χ3n) is 3.68. The largest absolute Gasteiger partial charge is 0.318 e. The topological polar surface area (TPSA) is 29.6 Å². The zero-order valence-electron chi connectivity index (χ0n) is 13.7. The van der Waals surface area contributed by atoms with Crippen molar-refractivity contribution in [1.29, 1.82) is 0 Å². The van der Waals surface area contributed by atoms with E-state index in [0.717, 1.165) is 22.5 Å². The van der Waals surface area contributed by atoms with Gasteiger partial charge in [-0.2, -0.15) is 5.10 Å². The van der Waals surface area contributed by atoms with Gasteiger partial charge in [0.15, 0.2) is 0 Å². The van der Waals surface area contributed by atoms with E-state index in [1.165, 1.54) is 10.2 Å². The molecule has 0 unspecified atom stereocenters. The van der Waals surface area contributed by atoms with Gasteiger partial charge in [0.1, 0.15) is 0 Å². The van der Waals surface area contributed by atoms with E-state index in [1.807, 2.05) is 25.2 Å². The van der Waals surface area contributed by atoms with E-state index in [-0.39, 0.29) is 0 Å². The number of aryl methyl sites for hydroxylation is 1. The Bertz CT molecular complexity index is 886. The zero-order valence-corrected chi connectivity index (χ0v) is 14.5. The van der Waals surface area contributed by atoms with Crippen molar-refractivity contribution in [2.45, 2.75) is 20.3 Å². The SMILES string of the molecule is CC(C)C/C(=N\N=c1/sc2ccccc2n1C)c1ccccc1. The van der Waals surface area contributed by atoms with Crippen molar-refractivity contribution in [3.8, 4) is 0 Å². The quantitative estimate of drug-likeness (QED) is 0.496. The molecule has 0 atom stereocenters. The Morgan fingerprint density at radius 1 is 1.04 bits per heavy atom. The molecule has 0 aliphatic heterocycles. The van der Waals surface area contributed by atoms with Crippen molar-refractivity contribution >= 4 is 27.3 Å². The summed E-state index contributed by atoms with van der Waals surface area (Å²) in [5, 5.41) is 9.13. The third-order valence-corrected chi connectivity index (χ3v) is 4.78. The number of thiazole rings is 1. The van der Waals surface area contributed by atoms with Crippen molar-refractivity contribution in [1.82, 2.24) is 4.57 Å². The van der Waals surface area contributed by atoms with Crippen LogP contribution in [-0.2, 0) is 7.05 Å². The first-order valence-corrected chi connectivity index (χ1v) is 8.67. The van der Waals surface area contributed by atoms with Gasteiger partial charge >= 0.3 is 0 Å². The maximum Gasteiger partial charge on any atom is 0.211 e. The second kappa shape index (κ2) is 6.92. The van der Waals surface area contributed by atoms with Crippen LogP contribution in [0.1, 0.15) is 25.8 Å². The van der Waals surface area contributed by atoms with Gasteiger partial charge in [0, 0.05) is 7.05 Å². The van der Waals surface area contributed by atoms with Gasteiger partial charge in [-0.05, 0) is 30.0 Å². The highest BCUT2D eigenvalue weighted by Gasteiger charge is 2.06. The van der Waals surface area contributed by atoms with Gasteiger partial charge in [-0.3, -0.25) is 0 Å². The van der Waals surface area contributed by atoms with E-state index in [9.17, 15) is 0 Å². The maximum atomic E-state index is 4.59. The summed E-state index contributed by atoms with van der Waals surface area (Å²) in [6, 6.07) is 18.7. The molecule has 0 saturated carbocycles. The third kappa shape index (κ3) is 3.59. The average molecular weight is 323 g/mol. The Morgan fingerprint density at radius 3 is 2.43 bits per heavy atom. The predicted molar refractivity (Wildman–Crippen MR) is 98.8 cm³/mol. The minimum Gasteiger partial charge on any atom is -0.318 e. The highest BCUT2D eigenvalue weighted by Crippen LogP contribution is 2.15. The van der Waals surface area contributed by atoms with E-state index in [1.54, 1.807) is 11.3 Å². The van der Waals surface area contributed by atoms with E-state index in [4.69, 9.17) is 0 Å². The molecule has 0 bridgehead atoms. The Hall–Kier alpha value is -2.20. The van der Waals surface area contributed by atoms with Crippen molar-refractivity contribution < 1.29 is 0 Å². The highest BCUT2D eigenvalue weighted by atomic mass is 32.1. The first kappa shape index (κ1) is 15.7. The molecule has 1 heterocycles. The summed E-state index contributed by atoms with van der Waals surface area (Å²) in [6.45, 7) is 4.41. The van der Waals surface area contributed by atoms with Crippen LogP contribution >= 0.6 is 11.3 Å². The molecule has 23 heavy (non-hydrogen) atoms. The van der Waals surface area contributed by atoms with Gasteiger partial charge in [0.2, 0.25) is 4.80 Å². The molecule has 4 heteroatoms. The van der Waals surface area contributed by atoms with Gasteiger partial charge in [-0.15, -0.1) is 5.10 Å². The number of benzene rings is 2. The molecule has 118 valence electrons. The molecule has 0 amide bonds. The van der Waals surface area contributed by atoms with Crippen LogP contribution in [-0.4, -0.2) is 10.3 Å². The summed E-state index contributed by atoms with van der Waals surface area (Å²) < 4.78 is 3.33. The van der Waals surface area contributed by atoms with Crippen LogP contribution in [0.3, 0.4) is 0 Å². The average Bonchev–Trinajstić information content (AvgIpc) is 2.88. The van der Waals surface area contributed by atoms with Gasteiger partial charge in [0.05, 0.1) is 15.9 Å². The molecule has 3 nitrogen and oxygen atoms in total. The summed E-state index contributed by atoms with van der Waals surface area (Å²) in [4.78, 5) is 0.920. The Morgan fingerprint density at radius 2 is 1.74 bits per heavy atom. The number of rotatable bonds is 4. The lowest BCUT2D eigenvalue weighted by atomic mass is 10.0. The summed E-state index contributed by atoms with van der Waals surface area (Å²) in [6.07, 6.45) is 0.919. The molecule has 0 saturated heterocycles. The van der Waals surface area contributed by atoms with Crippen LogP contribution in [0.15, 0.2) is 64.8 Å². The monoisotopic (exact) mass is 323 g/mol.